The first-order valence-electron chi connectivity index (χ1n) is 3.64. The zero-order chi connectivity index (χ0) is 9.35. The van der Waals surface area contributed by atoms with Crippen molar-refractivity contribution in [3.8, 4) is 0 Å². The molecule has 1 aliphatic heterocycles. The molecule has 1 heterocycles. The lowest BCUT2D eigenvalue weighted by Crippen LogP contribution is -2.50. The molecule has 1 fully saturated rings. The Balaban J connectivity index is 2.80. The molecule has 5 nitrogen and oxygen atoms in total. The molecule has 1 rings (SSSR count). The van der Waals surface area contributed by atoms with E-state index in [9.17, 15) is 9.59 Å². The van der Waals surface area contributed by atoms with Crippen molar-refractivity contribution in [3.63, 3.8) is 0 Å². The second-order valence-corrected chi connectivity index (χ2v) is 3.13. The molecule has 0 aromatic carbocycles. The van der Waals surface area contributed by atoms with Crippen LogP contribution < -0.4 is 0 Å². The molecule has 1 amide bonds. The second-order valence-electron chi connectivity index (χ2n) is 3.13. The highest BCUT2D eigenvalue weighted by Gasteiger charge is 2.41. The number of carbonyl (C=O) groups excluding carboxylic acids is 1. The first-order chi connectivity index (χ1) is 5.46. The number of aliphatic carboxylic acids is 1. The minimum Gasteiger partial charge on any atom is -0.480 e. The van der Waals surface area contributed by atoms with Gasteiger partial charge in [-0.25, -0.2) is 9.59 Å². The third-order valence-corrected chi connectivity index (χ3v) is 1.96. The first kappa shape index (κ1) is 8.83. The predicted octanol–water partition coefficient (Wildman–Crippen LogP) is 0.302. The molecule has 0 saturated carbocycles. The molecule has 1 aliphatic rings. The molecule has 68 valence electrons. The fourth-order valence-electron chi connectivity index (χ4n) is 1.02. The number of nitrogens with zero attached hydrogens (tertiary/aromatic N) is 1. The number of hydrogen-bond donors (Lipinski definition) is 1. The summed E-state index contributed by atoms with van der Waals surface area (Å²) in [4.78, 5) is 22.9. The average Bonchev–Trinajstić information content (AvgIpc) is 2.35. The van der Waals surface area contributed by atoms with Gasteiger partial charge in [0, 0.05) is 0 Å². The van der Waals surface area contributed by atoms with E-state index in [1.54, 1.807) is 0 Å². The van der Waals surface area contributed by atoms with E-state index in [1.165, 1.54) is 18.7 Å². The number of amides is 1. The number of hydrogen-bond acceptors (Lipinski definition) is 3. The molecule has 0 atom stereocenters. The summed E-state index contributed by atoms with van der Waals surface area (Å²) in [5, 5.41) is 8.77. The summed E-state index contributed by atoms with van der Waals surface area (Å²) in [5.41, 5.74) is -1.17. The molecule has 1 saturated heterocycles. The highest BCUT2D eigenvalue weighted by atomic mass is 16.6. The summed E-state index contributed by atoms with van der Waals surface area (Å²) in [6, 6.07) is 0. The highest BCUT2D eigenvalue weighted by molar-refractivity contribution is 5.84. The maximum Gasteiger partial charge on any atom is 0.410 e. The molecule has 0 radical (unpaired) electrons. The van der Waals surface area contributed by atoms with Crippen molar-refractivity contribution >= 4 is 12.1 Å². The molecule has 0 bridgehead atoms. The third-order valence-electron chi connectivity index (χ3n) is 1.96. The summed E-state index contributed by atoms with van der Waals surface area (Å²) in [7, 11) is 0. The van der Waals surface area contributed by atoms with Gasteiger partial charge >= 0.3 is 12.1 Å². The Morgan fingerprint density at radius 2 is 2.25 bits per heavy atom. The molecule has 0 aliphatic carbocycles. The van der Waals surface area contributed by atoms with Crippen molar-refractivity contribution in [2.45, 2.75) is 19.4 Å². The van der Waals surface area contributed by atoms with Crippen molar-refractivity contribution in [2.75, 3.05) is 13.2 Å². The summed E-state index contributed by atoms with van der Waals surface area (Å²) in [6.45, 7) is 3.57. The van der Waals surface area contributed by atoms with Crippen molar-refractivity contribution in [1.29, 1.82) is 0 Å². The molecular formula is C7H11NO4. The lowest BCUT2D eigenvalue weighted by molar-refractivity contribution is -0.147. The van der Waals surface area contributed by atoms with Gasteiger partial charge < -0.3 is 9.84 Å². The van der Waals surface area contributed by atoms with Gasteiger partial charge in [-0.2, -0.15) is 0 Å². The van der Waals surface area contributed by atoms with E-state index in [4.69, 9.17) is 5.11 Å². The number of carbonyl (C=O) groups is 2. The Morgan fingerprint density at radius 3 is 2.58 bits per heavy atom. The van der Waals surface area contributed by atoms with E-state index >= 15 is 0 Å². The summed E-state index contributed by atoms with van der Waals surface area (Å²) in [6.07, 6.45) is -0.553. The summed E-state index contributed by atoms with van der Waals surface area (Å²) in [5.74, 6) is -1.03. The van der Waals surface area contributed by atoms with Crippen LogP contribution in [-0.4, -0.2) is 40.8 Å². The zero-order valence-corrected chi connectivity index (χ0v) is 7.03. The van der Waals surface area contributed by atoms with Crippen LogP contribution in [0, 0.1) is 0 Å². The van der Waals surface area contributed by atoms with Crippen LogP contribution in [0.25, 0.3) is 0 Å². The Kier molecular flexibility index (Phi) is 1.95. The standard InChI is InChI=1S/C7H11NO4/c1-7(2,5(9)10)8-3-4-12-6(8)11/h3-4H2,1-2H3,(H,9,10). The van der Waals surface area contributed by atoms with E-state index < -0.39 is 17.6 Å². The van der Waals surface area contributed by atoms with Crippen molar-refractivity contribution < 1.29 is 19.4 Å². The van der Waals surface area contributed by atoms with Gasteiger partial charge in [0.15, 0.2) is 0 Å². The van der Waals surface area contributed by atoms with Crippen LogP contribution >= 0.6 is 0 Å². The molecule has 0 aromatic rings. The van der Waals surface area contributed by atoms with Crippen LogP contribution in [0.3, 0.4) is 0 Å². The van der Waals surface area contributed by atoms with Crippen LogP contribution in [0.2, 0.25) is 0 Å². The fourth-order valence-corrected chi connectivity index (χ4v) is 1.02. The minimum atomic E-state index is -1.17. The fraction of sp³-hybridized carbons (Fsp3) is 0.714. The van der Waals surface area contributed by atoms with Gasteiger partial charge in [-0.05, 0) is 13.8 Å². The van der Waals surface area contributed by atoms with Gasteiger partial charge in [0.25, 0.3) is 0 Å². The van der Waals surface area contributed by atoms with Crippen molar-refractivity contribution in [3.05, 3.63) is 0 Å². The Labute approximate surface area is 69.9 Å². The molecule has 0 aromatic heterocycles. The largest absolute Gasteiger partial charge is 0.480 e. The average molecular weight is 173 g/mol. The Morgan fingerprint density at radius 1 is 1.67 bits per heavy atom. The maximum absolute atomic E-state index is 11.0. The smallest absolute Gasteiger partial charge is 0.410 e. The van der Waals surface area contributed by atoms with Crippen LogP contribution in [0.5, 0.6) is 0 Å². The van der Waals surface area contributed by atoms with Gasteiger partial charge in [-0.3, -0.25) is 4.90 Å². The summed E-state index contributed by atoms with van der Waals surface area (Å²) < 4.78 is 4.63. The lowest BCUT2D eigenvalue weighted by Gasteiger charge is -2.28. The Bertz CT molecular complexity index is 223. The molecule has 0 spiro atoms. The number of ether oxygens (including phenoxy) is 1. The number of carboxylic acid groups (broad SMARTS) is 1. The topological polar surface area (TPSA) is 66.8 Å². The van der Waals surface area contributed by atoms with Crippen LogP contribution in [-0.2, 0) is 9.53 Å². The SMILES string of the molecule is CC(C)(C(=O)O)N1CCOC1=O. The van der Waals surface area contributed by atoms with E-state index in [2.05, 4.69) is 4.74 Å². The van der Waals surface area contributed by atoms with Crippen molar-refractivity contribution in [1.82, 2.24) is 4.90 Å². The van der Waals surface area contributed by atoms with E-state index in [0.29, 0.717) is 6.54 Å². The quantitative estimate of drug-likeness (QED) is 0.652. The number of cyclic esters (lactones) is 1. The normalized spacial score (nSPS) is 17.8. The monoisotopic (exact) mass is 173 g/mol. The molecule has 12 heavy (non-hydrogen) atoms. The molecule has 1 N–H and O–H groups in total. The van der Waals surface area contributed by atoms with Crippen LogP contribution in [0.1, 0.15) is 13.8 Å². The lowest BCUT2D eigenvalue weighted by atomic mass is 10.0. The predicted molar refractivity (Wildman–Crippen MR) is 39.8 cm³/mol. The van der Waals surface area contributed by atoms with Gasteiger partial charge in [0.1, 0.15) is 12.1 Å². The van der Waals surface area contributed by atoms with Crippen molar-refractivity contribution in [2.24, 2.45) is 0 Å². The number of rotatable bonds is 2. The van der Waals surface area contributed by atoms with Gasteiger partial charge in [0.2, 0.25) is 0 Å². The van der Waals surface area contributed by atoms with E-state index in [-0.39, 0.29) is 6.61 Å². The molecular weight excluding hydrogens is 162 g/mol. The minimum absolute atomic E-state index is 0.273. The highest BCUT2D eigenvalue weighted by Crippen LogP contribution is 2.19. The maximum atomic E-state index is 11.0. The first-order valence-corrected chi connectivity index (χ1v) is 3.64. The Hall–Kier alpha value is -1.26. The van der Waals surface area contributed by atoms with Gasteiger partial charge in [0.05, 0.1) is 6.54 Å². The van der Waals surface area contributed by atoms with E-state index in [1.807, 2.05) is 0 Å². The van der Waals surface area contributed by atoms with Gasteiger partial charge in [-0.15, -0.1) is 0 Å². The summed E-state index contributed by atoms with van der Waals surface area (Å²) >= 11 is 0. The molecule has 5 heteroatoms. The number of carboxylic acids is 1. The van der Waals surface area contributed by atoms with Gasteiger partial charge in [-0.1, -0.05) is 0 Å². The van der Waals surface area contributed by atoms with Crippen LogP contribution in [0.4, 0.5) is 4.79 Å². The van der Waals surface area contributed by atoms with Crippen LogP contribution in [0.15, 0.2) is 0 Å². The zero-order valence-electron chi connectivity index (χ0n) is 7.03. The second kappa shape index (κ2) is 2.66. The molecule has 0 unspecified atom stereocenters. The third kappa shape index (κ3) is 1.22. The van der Waals surface area contributed by atoms with E-state index in [0.717, 1.165) is 0 Å².